The number of ether oxygens (including phenoxy) is 3. The van der Waals surface area contributed by atoms with Gasteiger partial charge in [-0.25, -0.2) is 9.37 Å². The van der Waals surface area contributed by atoms with E-state index in [1.807, 2.05) is 6.07 Å². The number of thiazole rings is 1. The van der Waals surface area contributed by atoms with Gasteiger partial charge in [0.25, 0.3) is 0 Å². The van der Waals surface area contributed by atoms with E-state index < -0.39 is 5.82 Å². The van der Waals surface area contributed by atoms with E-state index in [1.165, 1.54) is 38.5 Å². The Balaban J connectivity index is 2.03. The summed E-state index contributed by atoms with van der Waals surface area (Å²) in [5, 5.41) is 19.0. The van der Waals surface area contributed by atoms with Crippen LogP contribution in [0.25, 0.3) is 10.2 Å². The Labute approximate surface area is 140 Å². The minimum absolute atomic E-state index is 0.0366. The first-order valence-corrected chi connectivity index (χ1v) is 7.50. The van der Waals surface area contributed by atoms with Gasteiger partial charge in [-0.3, -0.25) is 0 Å². The van der Waals surface area contributed by atoms with Crippen LogP contribution in [0.3, 0.4) is 0 Å². The number of methoxy groups -OCH3 is 2. The number of hydrogen-bond acceptors (Lipinski definition) is 7. The highest BCUT2D eigenvalue weighted by Crippen LogP contribution is 2.41. The highest BCUT2D eigenvalue weighted by molar-refractivity contribution is 7.19. The minimum atomic E-state index is -0.622. The van der Waals surface area contributed by atoms with Crippen LogP contribution in [0.2, 0.25) is 0 Å². The van der Waals surface area contributed by atoms with Crippen LogP contribution in [0, 0.1) is 17.1 Å². The van der Waals surface area contributed by atoms with Gasteiger partial charge in [-0.2, -0.15) is 5.26 Å². The molecule has 0 radical (unpaired) electrons. The molecule has 1 N–H and O–H groups in total. The number of benzene rings is 2. The van der Waals surface area contributed by atoms with Crippen molar-refractivity contribution in [2.45, 2.75) is 0 Å². The van der Waals surface area contributed by atoms with Gasteiger partial charge >= 0.3 is 0 Å². The first-order valence-electron chi connectivity index (χ1n) is 6.68. The van der Waals surface area contributed by atoms with Crippen molar-refractivity contribution in [2.24, 2.45) is 0 Å². The topological polar surface area (TPSA) is 84.6 Å². The SMILES string of the molecule is COc1cc(Oc2cc3sc(C#N)nc3cc2F)cc(OC)c1O. The fourth-order valence-electron chi connectivity index (χ4n) is 2.11. The predicted molar refractivity (Wildman–Crippen MR) is 85.6 cm³/mol. The number of hydrogen-bond donors (Lipinski definition) is 1. The number of halogens is 1. The third kappa shape index (κ3) is 2.77. The number of aromatic hydroxyl groups is 1. The molecular formula is C16H11FN2O4S. The second-order valence-electron chi connectivity index (χ2n) is 4.66. The lowest BCUT2D eigenvalue weighted by Gasteiger charge is -2.12. The molecule has 0 amide bonds. The van der Waals surface area contributed by atoms with Crippen molar-refractivity contribution < 1.29 is 23.7 Å². The fraction of sp³-hybridized carbons (Fsp3) is 0.125. The molecule has 1 aromatic heterocycles. The molecule has 6 nitrogen and oxygen atoms in total. The first-order chi connectivity index (χ1) is 11.5. The van der Waals surface area contributed by atoms with Crippen LogP contribution in [-0.2, 0) is 0 Å². The molecule has 24 heavy (non-hydrogen) atoms. The Kier molecular flexibility index (Phi) is 4.10. The van der Waals surface area contributed by atoms with E-state index in [-0.39, 0.29) is 33.8 Å². The van der Waals surface area contributed by atoms with E-state index >= 15 is 0 Å². The summed E-state index contributed by atoms with van der Waals surface area (Å²) in [5.41, 5.74) is 0.391. The molecule has 0 saturated carbocycles. The van der Waals surface area contributed by atoms with Crippen LogP contribution in [0.1, 0.15) is 5.01 Å². The van der Waals surface area contributed by atoms with Crippen LogP contribution in [0.5, 0.6) is 28.7 Å². The third-order valence-electron chi connectivity index (χ3n) is 3.22. The zero-order valence-electron chi connectivity index (χ0n) is 12.7. The Bertz CT molecular complexity index is 940. The van der Waals surface area contributed by atoms with Gasteiger partial charge in [-0.1, -0.05) is 0 Å². The van der Waals surface area contributed by atoms with Gasteiger partial charge < -0.3 is 19.3 Å². The number of phenolic OH excluding ortho intramolecular Hbond substituents is 1. The molecule has 1 heterocycles. The predicted octanol–water partition coefficient (Wildman–Crippen LogP) is 3.82. The summed E-state index contributed by atoms with van der Waals surface area (Å²) in [6.45, 7) is 0. The molecule has 0 unspecified atom stereocenters. The first kappa shape index (κ1) is 15.8. The molecule has 0 aliphatic heterocycles. The Morgan fingerprint density at radius 2 is 1.79 bits per heavy atom. The molecule has 3 aromatic rings. The average molecular weight is 346 g/mol. The maximum atomic E-state index is 14.2. The number of nitriles is 1. The van der Waals surface area contributed by atoms with E-state index in [4.69, 9.17) is 19.5 Å². The maximum absolute atomic E-state index is 14.2. The third-order valence-corrected chi connectivity index (χ3v) is 4.14. The number of rotatable bonds is 4. The smallest absolute Gasteiger partial charge is 0.201 e. The van der Waals surface area contributed by atoms with Crippen LogP contribution in [-0.4, -0.2) is 24.3 Å². The molecule has 0 atom stereocenters. The number of aromatic nitrogens is 1. The molecule has 0 spiro atoms. The lowest BCUT2D eigenvalue weighted by Crippen LogP contribution is -1.93. The molecule has 8 heteroatoms. The summed E-state index contributed by atoms with van der Waals surface area (Å²) in [4.78, 5) is 4.00. The number of phenols is 1. The monoisotopic (exact) mass is 346 g/mol. The molecule has 0 aliphatic carbocycles. The summed E-state index contributed by atoms with van der Waals surface area (Å²) < 4.78 is 30.5. The highest BCUT2D eigenvalue weighted by Gasteiger charge is 2.15. The van der Waals surface area contributed by atoms with Crippen LogP contribution < -0.4 is 14.2 Å². The highest BCUT2D eigenvalue weighted by atomic mass is 32.1. The average Bonchev–Trinajstić information content (AvgIpc) is 2.98. The second-order valence-corrected chi connectivity index (χ2v) is 5.69. The summed E-state index contributed by atoms with van der Waals surface area (Å²) in [7, 11) is 2.76. The summed E-state index contributed by atoms with van der Waals surface area (Å²) in [5.74, 6) is -0.339. The number of fused-ring (bicyclic) bond motifs is 1. The molecule has 0 saturated heterocycles. The van der Waals surface area contributed by atoms with Crippen LogP contribution in [0.15, 0.2) is 24.3 Å². The molecule has 3 rings (SSSR count). The van der Waals surface area contributed by atoms with Crippen molar-refractivity contribution in [1.82, 2.24) is 4.98 Å². The van der Waals surface area contributed by atoms with Gasteiger partial charge in [0.05, 0.1) is 24.4 Å². The normalized spacial score (nSPS) is 10.4. The maximum Gasteiger partial charge on any atom is 0.201 e. The Hall–Kier alpha value is -3.05. The van der Waals surface area contributed by atoms with E-state index in [2.05, 4.69) is 4.98 Å². The van der Waals surface area contributed by atoms with Crippen molar-refractivity contribution in [1.29, 1.82) is 5.26 Å². The fourth-order valence-corrected chi connectivity index (χ4v) is 2.88. The lowest BCUT2D eigenvalue weighted by atomic mass is 10.2. The van der Waals surface area contributed by atoms with Crippen molar-refractivity contribution in [3.05, 3.63) is 35.1 Å². The van der Waals surface area contributed by atoms with Gasteiger partial charge in [0.15, 0.2) is 28.1 Å². The summed E-state index contributed by atoms with van der Waals surface area (Å²) in [6, 6.07) is 7.42. The van der Waals surface area contributed by atoms with Crippen molar-refractivity contribution in [3.63, 3.8) is 0 Å². The van der Waals surface area contributed by atoms with Gasteiger partial charge in [-0.15, -0.1) is 11.3 Å². The lowest BCUT2D eigenvalue weighted by molar-refractivity contribution is 0.334. The Morgan fingerprint density at radius 1 is 1.12 bits per heavy atom. The van der Waals surface area contributed by atoms with Gasteiger partial charge in [0.1, 0.15) is 11.8 Å². The largest absolute Gasteiger partial charge is 0.502 e. The second kappa shape index (κ2) is 6.22. The molecule has 0 bridgehead atoms. The van der Waals surface area contributed by atoms with E-state index in [0.717, 1.165) is 11.3 Å². The van der Waals surface area contributed by atoms with E-state index in [9.17, 15) is 9.50 Å². The molecule has 0 aliphatic rings. The zero-order chi connectivity index (χ0) is 17.3. The quantitative estimate of drug-likeness (QED) is 0.773. The number of nitrogens with zero attached hydrogens (tertiary/aromatic N) is 2. The van der Waals surface area contributed by atoms with Crippen molar-refractivity contribution >= 4 is 21.6 Å². The van der Waals surface area contributed by atoms with E-state index in [1.54, 1.807) is 0 Å². The summed E-state index contributed by atoms with van der Waals surface area (Å²) >= 11 is 1.14. The minimum Gasteiger partial charge on any atom is -0.502 e. The van der Waals surface area contributed by atoms with E-state index in [0.29, 0.717) is 10.2 Å². The standard InChI is InChI=1S/C16H11FN2O4S/c1-21-12-3-8(4-13(22-2)16(12)20)23-11-6-14-10(5-9(11)17)19-15(7-18)24-14/h3-6,20H,1-2H3. The zero-order valence-corrected chi connectivity index (χ0v) is 13.5. The molecule has 122 valence electrons. The molecule has 0 fully saturated rings. The van der Waals surface area contributed by atoms with Crippen LogP contribution in [0.4, 0.5) is 4.39 Å². The van der Waals surface area contributed by atoms with Crippen molar-refractivity contribution in [3.8, 4) is 34.8 Å². The van der Waals surface area contributed by atoms with Gasteiger partial charge in [0.2, 0.25) is 5.75 Å². The Morgan fingerprint density at radius 3 is 2.38 bits per heavy atom. The van der Waals surface area contributed by atoms with Crippen LogP contribution >= 0.6 is 11.3 Å². The molecule has 2 aromatic carbocycles. The van der Waals surface area contributed by atoms with Gasteiger partial charge in [0, 0.05) is 24.3 Å². The van der Waals surface area contributed by atoms with Crippen molar-refractivity contribution in [2.75, 3.05) is 14.2 Å². The summed E-state index contributed by atoms with van der Waals surface area (Å²) in [6.07, 6.45) is 0. The van der Waals surface area contributed by atoms with Gasteiger partial charge in [-0.05, 0) is 0 Å². The molecular weight excluding hydrogens is 335 g/mol.